The molecule has 0 bridgehead atoms. The molecule has 0 amide bonds. The number of nitrogens with zero attached hydrogens (tertiary/aromatic N) is 7. The molecule has 0 atom stereocenters. The standard InChI is InChI=1S/C19H30N8S/c1-16-24-17(15-28-16)14-25(3)18(20-2)21-8-5-9-26-10-12-27(13-11-26)19-22-6-4-7-23-19/h4,6-7,15H,5,8-14H2,1-3H3,(H,20,21). The molecule has 1 aliphatic heterocycles. The van der Waals surface area contributed by atoms with Gasteiger partial charge in [0.1, 0.15) is 0 Å². The molecule has 152 valence electrons. The summed E-state index contributed by atoms with van der Waals surface area (Å²) in [6.45, 7) is 8.87. The van der Waals surface area contributed by atoms with E-state index in [1.54, 1.807) is 23.7 Å². The van der Waals surface area contributed by atoms with Crippen LogP contribution in [0.1, 0.15) is 17.1 Å². The zero-order valence-corrected chi connectivity index (χ0v) is 17.8. The Balaban J connectivity index is 1.33. The third-order valence-electron chi connectivity index (χ3n) is 4.78. The lowest BCUT2D eigenvalue weighted by molar-refractivity contribution is 0.254. The molecule has 0 aliphatic carbocycles. The number of aryl methyl sites for hydroxylation is 1. The number of hydrogen-bond acceptors (Lipinski definition) is 7. The SMILES string of the molecule is CN=C(NCCCN1CCN(c2ncccn2)CC1)N(C)Cc1csc(C)n1. The maximum atomic E-state index is 4.53. The van der Waals surface area contributed by atoms with Gasteiger partial charge in [-0.25, -0.2) is 15.0 Å². The molecule has 3 heterocycles. The third-order valence-corrected chi connectivity index (χ3v) is 5.60. The first-order chi connectivity index (χ1) is 13.7. The molecule has 9 heteroatoms. The van der Waals surface area contributed by atoms with Crippen molar-refractivity contribution in [2.75, 3.05) is 58.3 Å². The molecule has 2 aromatic heterocycles. The number of aromatic nitrogens is 3. The predicted octanol–water partition coefficient (Wildman–Crippen LogP) is 1.46. The molecule has 0 saturated carbocycles. The topological polar surface area (TPSA) is 72.8 Å². The van der Waals surface area contributed by atoms with Gasteiger partial charge in [-0.15, -0.1) is 11.3 Å². The average molecular weight is 403 g/mol. The van der Waals surface area contributed by atoms with Crippen LogP contribution in [0.2, 0.25) is 0 Å². The van der Waals surface area contributed by atoms with E-state index in [4.69, 9.17) is 0 Å². The highest BCUT2D eigenvalue weighted by Crippen LogP contribution is 2.11. The van der Waals surface area contributed by atoms with Crippen LogP contribution >= 0.6 is 11.3 Å². The van der Waals surface area contributed by atoms with Gasteiger partial charge in [-0.2, -0.15) is 0 Å². The highest BCUT2D eigenvalue weighted by atomic mass is 32.1. The van der Waals surface area contributed by atoms with E-state index in [-0.39, 0.29) is 0 Å². The first kappa shape index (κ1) is 20.5. The molecule has 0 unspecified atom stereocenters. The van der Waals surface area contributed by atoms with Crippen molar-refractivity contribution in [1.82, 2.24) is 30.1 Å². The summed E-state index contributed by atoms with van der Waals surface area (Å²) in [6.07, 6.45) is 4.70. The van der Waals surface area contributed by atoms with Crippen molar-refractivity contribution in [3.63, 3.8) is 0 Å². The second-order valence-electron chi connectivity index (χ2n) is 6.92. The second-order valence-corrected chi connectivity index (χ2v) is 7.98. The van der Waals surface area contributed by atoms with Crippen molar-refractivity contribution < 1.29 is 0 Å². The fourth-order valence-electron chi connectivity index (χ4n) is 3.31. The molecule has 2 aromatic rings. The Hall–Kier alpha value is -2.26. The van der Waals surface area contributed by atoms with E-state index in [2.05, 4.69) is 52.4 Å². The predicted molar refractivity (Wildman–Crippen MR) is 115 cm³/mol. The summed E-state index contributed by atoms with van der Waals surface area (Å²) >= 11 is 1.69. The largest absolute Gasteiger partial charge is 0.356 e. The lowest BCUT2D eigenvalue weighted by Crippen LogP contribution is -2.47. The van der Waals surface area contributed by atoms with E-state index < -0.39 is 0 Å². The van der Waals surface area contributed by atoms with Crippen molar-refractivity contribution >= 4 is 23.2 Å². The van der Waals surface area contributed by atoms with Gasteiger partial charge in [0.2, 0.25) is 5.95 Å². The van der Waals surface area contributed by atoms with Gasteiger partial charge in [-0.3, -0.25) is 9.89 Å². The number of anilines is 1. The average Bonchev–Trinajstić information content (AvgIpc) is 3.13. The number of guanidine groups is 1. The Morgan fingerprint density at radius 1 is 1.25 bits per heavy atom. The van der Waals surface area contributed by atoms with Crippen LogP contribution < -0.4 is 10.2 Å². The molecule has 0 aromatic carbocycles. The fourth-order valence-corrected chi connectivity index (χ4v) is 3.92. The van der Waals surface area contributed by atoms with Crippen LogP contribution in [0.4, 0.5) is 5.95 Å². The highest BCUT2D eigenvalue weighted by Gasteiger charge is 2.18. The molecule has 1 aliphatic rings. The molecule has 0 spiro atoms. The van der Waals surface area contributed by atoms with Gasteiger partial charge in [0.25, 0.3) is 0 Å². The van der Waals surface area contributed by atoms with E-state index in [1.807, 2.05) is 20.0 Å². The monoisotopic (exact) mass is 402 g/mol. The molecule has 8 nitrogen and oxygen atoms in total. The summed E-state index contributed by atoms with van der Waals surface area (Å²) in [5.74, 6) is 1.75. The maximum absolute atomic E-state index is 4.53. The summed E-state index contributed by atoms with van der Waals surface area (Å²) in [5.41, 5.74) is 1.09. The van der Waals surface area contributed by atoms with Crippen molar-refractivity contribution in [3.05, 3.63) is 34.5 Å². The van der Waals surface area contributed by atoms with Gasteiger partial charge in [-0.1, -0.05) is 0 Å². The first-order valence-electron chi connectivity index (χ1n) is 9.73. The van der Waals surface area contributed by atoms with E-state index >= 15 is 0 Å². The number of thiazole rings is 1. The van der Waals surface area contributed by atoms with E-state index in [0.717, 1.165) is 74.8 Å². The number of hydrogen-bond donors (Lipinski definition) is 1. The lowest BCUT2D eigenvalue weighted by Gasteiger charge is -2.34. The van der Waals surface area contributed by atoms with Gasteiger partial charge in [0.05, 0.1) is 17.2 Å². The number of aliphatic imine (C=N–C) groups is 1. The minimum Gasteiger partial charge on any atom is -0.356 e. The molecular formula is C19H30N8S. The summed E-state index contributed by atoms with van der Waals surface area (Å²) < 4.78 is 0. The van der Waals surface area contributed by atoms with Crippen LogP contribution in [0.5, 0.6) is 0 Å². The molecule has 0 radical (unpaired) electrons. The summed E-state index contributed by atoms with van der Waals surface area (Å²) in [7, 11) is 3.88. The summed E-state index contributed by atoms with van der Waals surface area (Å²) in [6, 6.07) is 1.86. The quantitative estimate of drug-likeness (QED) is 0.427. The fraction of sp³-hybridized carbons (Fsp3) is 0.579. The van der Waals surface area contributed by atoms with Crippen molar-refractivity contribution in [3.8, 4) is 0 Å². The van der Waals surface area contributed by atoms with E-state index in [0.29, 0.717) is 0 Å². The summed E-state index contributed by atoms with van der Waals surface area (Å²) in [5, 5.41) is 6.68. The van der Waals surface area contributed by atoms with Crippen LogP contribution in [-0.4, -0.2) is 84.1 Å². The second kappa shape index (κ2) is 10.3. The molecule has 1 saturated heterocycles. The lowest BCUT2D eigenvalue weighted by atomic mass is 10.3. The maximum Gasteiger partial charge on any atom is 0.225 e. The Bertz CT molecular complexity index is 739. The smallest absolute Gasteiger partial charge is 0.225 e. The molecular weight excluding hydrogens is 372 g/mol. The van der Waals surface area contributed by atoms with E-state index in [1.165, 1.54) is 0 Å². The minimum absolute atomic E-state index is 0.771. The van der Waals surface area contributed by atoms with Crippen molar-refractivity contribution in [2.24, 2.45) is 4.99 Å². The van der Waals surface area contributed by atoms with Crippen LogP contribution in [0.25, 0.3) is 0 Å². The normalized spacial score (nSPS) is 15.7. The van der Waals surface area contributed by atoms with Crippen LogP contribution in [-0.2, 0) is 6.54 Å². The third kappa shape index (κ3) is 5.87. The Labute approximate surface area is 171 Å². The Morgan fingerprint density at radius 3 is 2.64 bits per heavy atom. The van der Waals surface area contributed by atoms with Crippen LogP contribution in [0, 0.1) is 6.92 Å². The number of nitrogens with one attached hydrogen (secondary N) is 1. The zero-order valence-electron chi connectivity index (χ0n) is 17.0. The zero-order chi connectivity index (χ0) is 19.8. The van der Waals surface area contributed by atoms with Gasteiger partial charge in [0.15, 0.2) is 5.96 Å². The minimum atomic E-state index is 0.771. The molecule has 3 rings (SSSR count). The van der Waals surface area contributed by atoms with Gasteiger partial charge < -0.3 is 15.1 Å². The van der Waals surface area contributed by atoms with Crippen LogP contribution in [0.3, 0.4) is 0 Å². The Morgan fingerprint density at radius 2 is 2.00 bits per heavy atom. The Kier molecular flexibility index (Phi) is 7.55. The summed E-state index contributed by atoms with van der Waals surface area (Å²) in [4.78, 5) is 24.5. The highest BCUT2D eigenvalue weighted by molar-refractivity contribution is 7.09. The number of rotatable bonds is 7. The van der Waals surface area contributed by atoms with Crippen molar-refractivity contribution in [2.45, 2.75) is 19.9 Å². The van der Waals surface area contributed by atoms with Gasteiger partial charge >= 0.3 is 0 Å². The molecule has 28 heavy (non-hydrogen) atoms. The molecule has 1 N–H and O–H groups in total. The van der Waals surface area contributed by atoms with E-state index in [9.17, 15) is 0 Å². The van der Waals surface area contributed by atoms with Crippen LogP contribution in [0.15, 0.2) is 28.8 Å². The molecule has 1 fully saturated rings. The van der Waals surface area contributed by atoms with Gasteiger partial charge in [-0.05, 0) is 26.0 Å². The number of piperazine rings is 1. The van der Waals surface area contributed by atoms with Crippen molar-refractivity contribution in [1.29, 1.82) is 0 Å². The van der Waals surface area contributed by atoms with Gasteiger partial charge in [0, 0.05) is 64.6 Å². The first-order valence-corrected chi connectivity index (χ1v) is 10.6.